The molecule has 0 radical (unpaired) electrons. The molecule has 13 heteroatoms. The third-order valence-corrected chi connectivity index (χ3v) is 5.27. The maximum Gasteiger partial charge on any atom is 0.414 e. The second-order valence-corrected chi connectivity index (χ2v) is 7.99. The summed E-state index contributed by atoms with van der Waals surface area (Å²) in [4.78, 5) is 37.1. The van der Waals surface area contributed by atoms with Gasteiger partial charge in [-0.1, -0.05) is 23.2 Å². The van der Waals surface area contributed by atoms with Crippen LogP contribution in [-0.4, -0.2) is 84.8 Å². The Kier molecular flexibility index (Phi) is 7.76. The zero-order valence-corrected chi connectivity index (χ0v) is 17.9. The van der Waals surface area contributed by atoms with Crippen molar-refractivity contribution in [3.63, 3.8) is 0 Å². The fourth-order valence-corrected chi connectivity index (χ4v) is 3.48. The summed E-state index contributed by atoms with van der Waals surface area (Å²) in [6.45, 7) is 1.03. The lowest BCUT2D eigenvalue weighted by molar-refractivity contribution is -0.137. The van der Waals surface area contributed by atoms with E-state index in [2.05, 4.69) is 10.7 Å². The largest absolute Gasteiger partial charge is 0.442 e. The van der Waals surface area contributed by atoms with Crippen molar-refractivity contribution in [3.05, 3.63) is 24.0 Å². The molecule has 0 saturated carbocycles. The van der Waals surface area contributed by atoms with E-state index in [0.29, 0.717) is 31.0 Å². The standard InChI is InChI=1S/C18H22Cl2FN5O5/c19-16(20)17(29)22-8-12-9-25(18(30)31-12)11-1-2-14(13(21)7-11)24-4-3-23-26(6-5-24)15(28)10-27/h1-2,7,12,16,23,27H,3-6,8-10H2,(H,22,29)/t12-/m0/s1. The Hall–Kier alpha value is -2.34. The van der Waals surface area contributed by atoms with Crippen LogP contribution < -0.4 is 20.5 Å². The van der Waals surface area contributed by atoms with Crippen LogP contribution in [-0.2, 0) is 14.3 Å². The summed E-state index contributed by atoms with van der Waals surface area (Å²) < 4.78 is 20.1. The van der Waals surface area contributed by atoms with E-state index in [4.69, 9.17) is 33.0 Å². The zero-order valence-electron chi connectivity index (χ0n) is 16.4. The van der Waals surface area contributed by atoms with E-state index in [1.165, 1.54) is 16.0 Å². The third kappa shape index (κ3) is 5.67. The van der Waals surface area contributed by atoms with Crippen molar-refractivity contribution in [1.82, 2.24) is 15.8 Å². The Bertz CT molecular complexity index is 846. The summed E-state index contributed by atoms with van der Waals surface area (Å²) in [5.41, 5.74) is 3.54. The van der Waals surface area contributed by atoms with Crippen molar-refractivity contribution >= 4 is 52.5 Å². The average molecular weight is 478 g/mol. The highest BCUT2D eigenvalue weighted by molar-refractivity contribution is 6.53. The van der Waals surface area contributed by atoms with Gasteiger partial charge in [0.25, 0.3) is 11.8 Å². The smallest absolute Gasteiger partial charge is 0.414 e. The number of carbonyl (C=O) groups is 3. The highest BCUT2D eigenvalue weighted by atomic mass is 35.5. The molecule has 0 aromatic heterocycles. The molecule has 2 saturated heterocycles. The van der Waals surface area contributed by atoms with Crippen molar-refractivity contribution in [2.45, 2.75) is 10.9 Å². The second-order valence-electron chi connectivity index (χ2n) is 6.90. The quantitative estimate of drug-likeness (QED) is 0.502. The van der Waals surface area contributed by atoms with Gasteiger partial charge in [-0.2, -0.15) is 0 Å². The molecule has 3 N–H and O–H groups in total. The SMILES string of the molecule is O=C(NC[C@H]1CN(c2ccc(N3CCNN(C(=O)CO)CC3)c(F)c2)C(=O)O1)C(Cl)Cl. The van der Waals surface area contributed by atoms with Crippen LogP contribution in [0.3, 0.4) is 0 Å². The lowest BCUT2D eigenvalue weighted by atomic mass is 10.2. The van der Waals surface area contributed by atoms with Crippen LogP contribution in [0.4, 0.5) is 20.6 Å². The van der Waals surface area contributed by atoms with Crippen molar-refractivity contribution < 1.29 is 28.6 Å². The minimum atomic E-state index is -1.22. The van der Waals surface area contributed by atoms with E-state index in [1.54, 1.807) is 17.0 Å². The lowest BCUT2D eigenvalue weighted by Gasteiger charge is -2.24. The number of hydrogen-bond donors (Lipinski definition) is 3. The van der Waals surface area contributed by atoms with E-state index in [9.17, 15) is 18.8 Å². The highest BCUT2D eigenvalue weighted by Crippen LogP contribution is 2.28. The first kappa shape index (κ1) is 23.3. The molecular weight excluding hydrogens is 456 g/mol. The van der Waals surface area contributed by atoms with Gasteiger partial charge >= 0.3 is 6.09 Å². The molecule has 1 aromatic rings. The highest BCUT2D eigenvalue weighted by Gasteiger charge is 2.33. The molecule has 10 nitrogen and oxygen atoms in total. The Morgan fingerprint density at radius 2 is 2.10 bits per heavy atom. The first-order chi connectivity index (χ1) is 14.8. The molecule has 0 unspecified atom stereocenters. The summed E-state index contributed by atoms with van der Waals surface area (Å²) in [6, 6.07) is 4.39. The number of nitrogens with one attached hydrogen (secondary N) is 2. The van der Waals surface area contributed by atoms with Crippen molar-refractivity contribution in [1.29, 1.82) is 0 Å². The van der Waals surface area contributed by atoms with Gasteiger partial charge in [-0.05, 0) is 18.2 Å². The fourth-order valence-electron chi connectivity index (χ4n) is 3.32. The molecule has 0 aliphatic carbocycles. The number of carbonyl (C=O) groups excluding carboxylic acids is 3. The lowest BCUT2D eigenvalue weighted by Crippen LogP contribution is -2.45. The molecular formula is C18H22Cl2FN5O5. The summed E-state index contributed by atoms with van der Waals surface area (Å²) >= 11 is 10.9. The molecule has 31 heavy (non-hydrogen) atoms. The summed E-state index contributed by atoms with van der Waals surface area (Å²) in [6.07, 6.45) is -1.28. The molecule has 0 spiro atoms. The van der Waals surface area contributed by atoms with Crippen LogP contribution in [0, 0.1) is 5.82 Å². The number of benzene rings is 1. The maximum atomic E-state index is 14.9. The average Bonchev–Trinajstić information content (AvgIpc) is 2.95. The Morgan fingerprint density at radius 3 is 2.77 bits per heavy atom. The number of cyclic esters (lactones) is 1. The summed E-state index contributed by atoms with van der Waals surface area (Å²) in [7, 11) is 0. The second kappa shape index (κ2) is 10.3. The van der Waals surface area contributed by atoms with Gasteiger partial charge < -0.3 is 20.1 Å². The van der Waals surface area contributed by atoms with E-state index in [1.807, 2.05) is 0 Å². The topological polar surface area (TPSA) is 114 Å². The van der Waals surface area contributed by atoms with Gasteiger partial charge in [0, 0.05) is 19.6 Å². The molecule has 1 aromatic carbocycles. The molecule has 1 atom stereocenters. The number of halogens is 3. The number of nitrogens with zero attached hydrogens (tertiary/aromatic N) is 3. The van der Waals surface area contributed by atoms with Crippen molar-refractivity contribution in [3.8, 4) is 0 Å². The Balaban J connectivity index is 1.63. The Morgan fingerprint density at radius 1 is 1.32 bits per heavy atom. The zero-order chi connectivity index (χ0) is 22.5. The number of ether oxygens (including phenoxy) is 1. The monoisotopic (exact) mass is 477 g/mol. The van der Waals surface area contributed by atoms with Gasteiger partial charge in [0.1, 0.15) is 18.5 Å². The summed E-state index contributed by atoms with van der Waals surface area (Å²) in [5, 5.41) is 12.8. The van der Waals surface area contributed by atoms with Crippen molar-refractivity contribution in [2.24, 2.45) is 0 Å². The maximum absolute atomic E-state index is 14.9. The molecule has 2 fully saturated rings. The van der Waals surface area contributed by atoms with E-state index >= 15 is 0 Å². The van der Waals surface area contributed by atoms with Crippen molar-refractivity contribution in [2.75, 3.05) is 55.7 Å². The van der Waals surface area contributed by atoms with Gasteiger partial charge in [0.2, 0.25) is 0 Å². The minimum Gasteiger partial charge on any atom is -0.442 e. The summed E-state index contributed by atoms with van der Waals surface area (Å²) in [5.74, 6) is -1.58. The third-order valence-electron chi connectivity index (χ3n) is 4.87. The number of alkyl halides is 2. The number of aliphatic hydroxyl groups is 1. The van der Waals surface area contributed by atoms with Gasteiger partial charge in [-0.3, -0.25) is 19.5 Å². The molecule has 0 bridgehead atoms. The van der Waals surface area contributed by atoms with Gasteiger partial charge in [-0.25, -0.2) is 14.6 Å². The molecule has 3 rings (SSSR count). The molecule has 3 amide bonds. The predicted molar refractivity (Wildman–Crippen MR) is 112 cm³/mol. The van der Waals surface area contributed by atoms with Crippen LogP contribution in [0.25, 0.3) is 0 Å². The molecule has 2 heterocycles. The fraction of sp³-hybridized carbons (Fsp3) is 0.500. The van der Waals surface area contributed by atoms with Crippen LogP contribution in [0.5, 0.6) is 0 Å². The first-order valence-corrected chi connectivity index (χ1v) is 10.4. The normalized spacial score (nSPS) is 19.5. The number of anilines is 2. The molecule has 2 aliphatic rings. The number of rotatable bonds is 6. The first-order valence-electron chi connectivity index (χ1n) is 9.53. The minimum absolute atomic E-state index is 0.0292. The van der Waals surface area contributed by atoms with Gasteiger partial charge in [0.05, 0.1) is 31.0 Å². The van der Waals surface area contributed by atoms with Crippen LogP contribution in [0.2, 0.25) is 0 Å². The number of amides is 3. The molecule has 2 aliphatic heterocycles. The van der Waals surface area contributed by atoms with Crippen LogP contribution >= 0.6 is 23.2 Å². The molecule has 170 valence electrons. The predicted octanol–water partition coefficient (Wildman–Crippen LogP) is 0.216. The van der Waals surface area contributed by atoms with E-state index in [-0.39, 0.29) is 19.6 Å². The number of hydrogen-bond acceptors (Lipinski definition) is 7. The van der Waals surface area contributed by atoms with Gasteiger partial charge in [-0.15, -0.1) is 0 Å². The number of hydrazine groups is 1. The van der Waals surface area contributed by atoms with E-state index < -0.39 is 41.3 Å². The van der Waals surface area contributed by atoms with Crippen LogP contribution in [0.15, 0.2) is 18.2 Å². The Labute approximate surface area is 187 Å². The van der Waals surface area contributed by atoms with Crippen LogP contribution in [0.1, 0.15) is 0 Å². The number of aliphatic hydroxyl groups excluding tert-OH is 1. The van der Waals surface area contributed by atoms with E-state index in [0.717, 1.165) is 0 Å². The van der Waals surface area contributed by atoms with Gasteiger partial charge in [0.15, 0.2) is 4.84 Å².